The lowest BCUT2D eigenvalue weighted by Gasteiger charge is -2.67. The van der Waals surface area contributed by atoms with Gasteiger partial charge in [-0.3, -0.25) is 38.5 Å². The molecule has 4 aliphatic rings. The first kappa shape index (κ1) is 43.0. The van der Waals surface area contributed by atoms with Gasteiger partial charge in [-0.25, -0.2) is 4.79 Å². The van der Waals surface area contributed by atoms with Crippen LogP contribution < -0.4 is 0 Å². The van der Waals surface area contributed by atoms with Gasteiger partial charge < -0.3 is 47.7 Å². The molecule has 1 aromatic heterocycles. The molecular formula is C38H47NO18. The molecule has 0 unspecified atom stereocenters. The predicted octanol–water partition coefficient (Wildman–Crippen LogP) is 1.03. The first-order valence-corrected chi connectivity index (χ1v) is 18.2. The van der Waals surface area contributed by atoms with E-state index < -0.39 is 138 Å². The fourth-order valence-electron chi connectivity index (χ4n) is 9.30. The molecule has 0 amide bonds. The minimum atomic E-state index is -2.81. The number of fused-ring (bicyclic) bond motifs is 5. The first-order valence-electron chi connectivity index (χ1n) is 18.2. The average molecular weight is 806 g/mol. The third-order valence-electron chi connectivity index (χ3n) is 11.5. The number of esters is 8. The lowest BCUT2D eigenvalue weighted by atomic mass is 9.45. The third-order valence-corrected chi connectivity index (χ3v) is 11.5. The second-order valence-electron chi connectivity index (χ2n) is 15.4. The molecule has 2 saturated carbocycles. The van der Waals surface area contributed by atoms with E-state index in [1.165, 1.54) is 32.3 Å². The van der Waals surface area contributed by atoms with Crippen molar-refractivity contribution in [3.8, 4) is 0 Å². The van der Waals surface area contributed by atoms with Crippen molar-refractivity contribution in [1.29, 1.82) is 0 Å². The summed E-state index contributed by atoms with van der Waals surface area (Å²) in [6, 6.07) is 1.50. The number of hydrogen-bond acceptors (Lipinski definition) is 19. The summed E-state index contributed by atoms with van der Waals surface area (Å²) in [6.45, 7) is 9.73. The maximum Gasteiger partial charge on any atom is 0.340 e. The van der Waals surface area contributed by atoms with Crippen molar-refractivity contribution < 1.29 is 86.1 Å². The van der Waals surface area contributed by atoms with Crippen LogP contribution in [0, 0.1) is 17.3 Å². The Hall–Kier alpha value is -5.17. The van der Waals surface area contributed by atoms with Gasteiger partial charge in [0.1, 0.15) is 42.0 Å². The van der Waals surface area contributed by atoms with Crippen LogP contribution in [0.5, 0.6) is 0 Å². The zero-order valence-corrected chi connectivity index (χ0v) is 33.2. The Kier molecular flexibility index (Phi) is 11.5. The summed E-state index contributed by atoms with van der Waals surface area (Å²) in [5.74, 6) is -11.5. The molecule has 3 fully saturated rings. The Balaban J connectivity index is 2.01. The van der Waals surface area contributed by atoms with Crippen LogP contribution in [-0.4, -0.2) is 124 Å². The van der Waals surface area contributed by atoms with Crippen LogP contribution in [0.2, 0.25) is 0 Å². The predicted molar refractivity (Wildman–Crippen MR) is 185 cm³/mol. The number of carbonyl (C=O) groups is 8. The smallest absolute Gasteiger partial charge is 0.340 e. The molecule has 0 aromatic carbocycles. The van der Waals surface area contributed by atoms with Gasteiger partial charge in [-0.2, -0.15) is 0 Å². The summed E-state index contributed by atoms with van der Waals surface area (Å²) >= 11 is 0. The van der Waals surface area contributed by atoms with Gasteiger partial charge in [0.25, 0.3) is 0 Å². The van der Waals surface area contributed by atoms with Crippen molar-refractivity contribution in [2.45, 2.75) is 129 Å². The molecule has 1 saturated heterocycles. The highest BCUT2D eigenvalue weighted by atomic mass is 16.7. The van der Waals surface area contributed by atoms with Crippen molar-refractivity contribution in [3.05, 3.63) is 29.6 Å². The van der Waals surface area contributed by atoms with Crippen LogP contribution >= 0.6 is 0 Å². The molecule has 1 spiro atoms. The fourth-order valence-corrected chi connectivity index (χ4v) is 9.30. The zero-order valence-electron chi connectivity index (χ0n) is 33.2. The number of aliphatic hydroxyl groups is 1. The lowest BCUT2D eigenvalue weighted by molar-refractivity contribution is -0.387. The Labute approximate surface area is 327 Å². The maximum atomic E-state index is 14.4. The van der Waals surface area contributed by atoms with E-state index >= 15 is 0 Å². The van der Waals surface area contributed by atoms with Gasteiger partial charge in [0.05, 0.1) is 17.4 Å². The largest absolute Gasteiger partial charge is 0.465 e. The molecule has 1 N–H and O–H groups in total. The topological polar surface area (TPSA) is 253 Å². The number of pyridine rings is 1. The monoisotopic (exact) mass is 805 g/mol. The molecule has 312 valence electrons. The number of aromatic nitrogens is 1. The van der Waals surface area contributed by atoms with E-state index in [0.717, 1.165) is 48.5 Å². The molecular weight excluding hydrogens is 758 g/mol. The van der Waals surface area contributed by atoms with E-state index in [2.05, 4.69) is 4.98 Å². The molecule has 2 aliphatic carbocycles. The van der Waals surface area contributed by atoms with Crippen LogP contribution in [0.15, 0.2) is 18.5 Å². The summed E-state index contributed by atoms with van der Waals surface area (Å²) in [7, 11) is 0. The highest BCUT2D eigenvalue weighted by Crippen LogP contribution is 2.70. The Morgan fingerprint density at radius 3 is 1.84 bits per heavy atom. The molecule has 4 bridgehead atoms. The number of cyclic esters (lactones) is 1. The fraction of sp³-hybridized carbons (Fsp3) is 0.658. The quantitative estimate of drug-likeness (QED) is 0.298. The molecule has 13 atom stereocenters. The second kappa shape index (κ2) is 15.3. The van der Waals surface area contributed by atoms with E-state index in [-0.39, 0.29) is 5.56 Å². The molecule has 19 nitrogen and oxygen atoms in total. The normalized spacial score (nSPS) is 38.2. The van der Waals surface area contributed by atoms with Crippen LogP contribution in [0.1, 0.15) is 91.1 Å². The molecule has 5 rings (SSSR count). The van der Waals surface area contributed by atoms with Crippen LogP contribution in [0.4, 0.5) is 0 Å². The maximum absolute atomic E-state index is 14.4. The van der Waals surface area contributed by atoms with E-state index in [0.29, 0.717) is 5.56 Å². The summed E-state index contributed by atoms with van der Waals surface area (Å²) in [4.78, 5) is 111. The summed E-state index contributed by atoms with van der Waals surface area (Å²) < 4.78 is 54.3. The molecule has 19 heteroatoms. The van der Waals surface area contributed by atoms with E-state index in [1.807, 2.05) is 0 Å². The van der Waals surface area contributed by atoms with Crippen molar-refractivity contribution in [2.75, 3.05) is 13.2 Å². The Bertz CT molecular complexity index is 1860. The second-order valence-corrected chi connectivity index (χ2v) is 15.4. The lowest BCUT2D eigenvalue weighted by Crippen LogP contribution is -2.89. The third kappa shape index (κ3) is 6.97. The van der Waals surface area contributed by atoms with Gasteiger partial charge in [-0.1, -0.05) is 13.8 Å². The van der Waals surface area contributed by atoms with Crippen LogP contribution in [-0.2, 0) is 76.2 Å². The first-order chi connectivity index (χ1) is 26.5. The minimum Gasteiger partial charge on any atom is -0.465 e. The van der Waals surface area contributed by atoms with E-state index in [1.54, 1.807) is 6.92 Å². The number of ether oxygens (including phenoxy) is 9. The van der Waals surface area contributed by atoms with E-state index in [4.69, 9.17) is 42.6 Å². The van der Waals surface area contributed by atoms with Crippen molar-refractivity contribution in [2.24, 2.45) is 17.3 Å². The standard InChI is InChI=1S/C38H47NO18/c1-16-17(2)33(46)56-30-28(52-20(5)42)32(55-23(8)45)37(15-49-18(3)40)31(54-22(7)44)27(51-19(4)41)26-29(53-21(6)43)38(37,36(30,10)48)57-35(26,9)14-50-34(47)25-13-39-12-11-24(16)25/h11-13,16-17,26-32,48H,14-15H2,1-10H3/t16-,17+,26-,27-,28-,29+,30-,31-,32+,35+,36+,37-,38+/m1/s1. The summed E-state index contributed by atoms with van der Waals surface area (Å²) in [5, 5.41) is 13.4. The number of hydrogen-bond donors (Lipinski definition) is 1. The Morgan fingerprint density at radius 2 is 1.30 bits per heavy atom. The highest BCUT2D eigenvalue weighted by molar-refractivity contribution is 5.91. The number of nitrogens with zero attached hydrogens (tertiary/aromatic N) is 1. The Morgan fingerprint density at radius 1 is 0.772 bits per heavy atom. The average Bonchev–Trinajstić information content (AvgIpc) is 3.32. The van der Waals surface area contributed by atoms with Gasteiger partial charge in [0.15, 0.2) is 30.0 Å². The van der Waals surface area contributed by atoms with Crippen molar-refractivity contribution in [3.63, 3.8) is 0 Å². The van der Waals surface area contributed by atoms with E-state index in [9.17, 15) is 43.5 Å². The molecule has 3 heterocycles. The van der Waals surface area contributed by atoms with Crippen LogP contribution in [0.25, 0.3) is 0 Å². The van der Waals surface area contributed by atoms with Crippen molar-refractivity contribution >= 4 is 47.8 Å². The SMILES string of the molecule is CC(=O)OC[C@]12[C@H](OC(C)=O)[C@H](OC(C)=O)[C@@H]3[C@H](OC(C)=O)[C@@]14O[C@@]3(C)COC(=O)c1cnccc1[C@H](C)[C@H](C)C(=O)O[C@H]([C@@H](OC(C)=O)[C@@H]2OC(C)=O)[C@]4(C)O. The van der Waals surface area contributed by atoms with Crippen molar-refractivity contribution in [1.82, 2.24) is 4.98 Å². The molecule has 57 heavy (non-hydrogen) atoms. The van der Waals surface area contributed by atoms with Gasteiger partial charge in [-0.05, 0) is 31.4 Å². The van der Waals surface area contributed by atoms with Crippen LogP contribution in [0.3, 0.4) is 0 Å². The number of carbonyl (C=O) groups excluding carboxylic acids is 8. The molecule has 0 radical (unpaired) electrons. The summed E-state index contributed by atoms with van der Waals surface area (Å²) in [5.41, 5.74) is -9.91. The molecule has 2 aliphatic heterocycles. The van der Waals surface area contributed by atoms with Gasteiger partial charge >= 0.3 is 47.8 Å². The van der Waals surface area contributed by atoms with Gasteiger partial charge in [0.2, 0.25) is 0 Å². The van der Waals surface area contributed by atoms with Gasteiger partial charge in [-0.15, -0.1) is 0 Å². The minimum absolute atomic E-state index is 0.0422. The highest BCUT2D eigenvalue weighted by Gasteiger charge is 2.92. The summed E-state index contributed by atoms with van der Waals surface area (Å²) in [6.07, 6.45) is -9.28. The number of rotatable bonds is 7. The van der Waals surface area contributed by atoms with Gasteiger partial charge in [0, 0.05) is 53.9 Å². The zero-order chi connectivity index (χ0) is 42.6. The molecule has 1 aromatic rings.